The van der Waals surface area contributed by atoms with E-state index >= 15 is 0 Å². The van der Waals surface area contributed by atoms with Gasteiger partial charge in [0.2, 0.25) is 0 Å². The lowest BCUT2D eigenvalue weighted by Crippen LogP contribution is -2.58. The van der Waals surface area contributed by atoms with Gasteiger partial charge in [0.05, 0.1) is 0 Å². The summed E-state index contributed by atoms with van der Waals surface area (Å²) in [4.78, 5) is 0. The molecular formula is C6H13N3. The van der Waals surface area contributed by atoms with E-state index in [1.807, 2.05) is 0 Å². The number of hydrogen-bond acceptors (Lipinski definition) is 3. The largest absolute Gasteiger partial charge is 0.304 e. The van der Waals surface area contributed by atoms with E-state index in [1.54, 1.807) is 0 Å². The second kappa shape index (κ2) is 2.47. The molecule has 1 heterocycles. The third kappa shape index (κ3) is 1.51. The minimum atomic E-state index is -0.0644. The Morgan fingerprint density at radius 1 is 1.78 bits per heavy atom. The van der Waals surface area contributed by atoms with Gasteiger partial charge in [0.1, 0.15) is 6.29 Å². The van der Waals surface area contributed by atoms with Gasteiger partial charge in [0.15, 0.2) is 0 Å². The fourth-order valence-electron chi connectivity index (χ4n) is 0.840. The molecule has 1 rings (SSSR count). The smallest absolute Gasteiger partial charge is 0.110 e. The highest BCUT2D eigenvalue weighted by atomic mass is 15.2. The van der Waals surface area contributed by atoms with Gasteiger partial charge in [-0.1, -0.05) is 6.58 Å². The van der Waals surface area contributed by atoms with Crippen LogP contribution in [0.4, 0.5) is 0 Å². The van der Waals surface area contributed by atoms with Crippen LogP contribution >= 0.6 is 0 Å². The highest BCUT2D eigenvalue weighted by Gasteiger charge is 2.15. The van der Waals surface area contributed by atoms with Crippen LogP contribution < -0.4 is 16.4 Å². The van der Waals surface area contributed by atoms with Gasteiger partial charge in [-0.15, -0.1) is 0 Å². The van der Waals surface area contributed by atoms with Crippen molar-refractivity contribution in [1.82, 2.24) is 10.6 Å². The molecule has 1 aliphatic rings. The van der Waals surface area contributed by atoms with Gasteiger partial charge in [0.25, 0.3) is 0 Å². The van der Waals surface area contributed by atoms with Crippen molar-refractivity contribution in [2.24, 2.45) is 5.73 Å². The van der Waals surface area contributed by atoms with Crippen molar-refractivity contribution in [1.29, 1.82) is 0 Å². The van der Waals surface area contributed by atoms with Crippen LogP contribution in [0.3, 0.4) is 0 Å². The molecule has 0 amide bonds. The first kappa shape index (κ1) is 6.74. The molecule has 4 N–H and O–H groups in total. The summed E-state index contributed by atoms with van der Waals surface area (Å²) in [5.41, 5.74) is 6.69. The number of rotatable bonds is 0. The van der Waals surface area contributed by atoms with Crippen molar-refractivity contribution in [3.8, 4) is 0 Å². The normalized spacial score (nSPS) is 36.9. The zero-order chi connectivity index (χ0) is 6.85. The van der Waals surface area contributed by atoms with Crippen molar-refractivity contribution in [2.75, 3.05) is 6.54 Å². The third-order valence-corrected chi connectivity index (χ3v) is 1.59. The lowest BCUT2D eigenvalue weighted by molar-refractivity contribution is 0.376. The Hall–Kier alpha value is -0.380. The van der Waals surface area contributed by atoms with Gasteiger partial charge >= 0.3 is 0 Å². The molecule has 0 radical (unpaired) electrons. The maximum atomic E-state index is 5.52. The van der Waals surface area contributed by atoms with Gasteiger partial charge in [0, 0.05) is 12.6 Å². The number of nitrogens with two attached hydrogens (primary N) is 1. The molecule has 0 spiro atoms. The fourth-order valence-corrected chi connectivity index (χ4v) is 0.840. The molecule has 1 aliphatic heterocycles. The molecular weight excluding hydrogens is 114 g/mol. The van der Waals surface area contributed by atoms with Gasteiger partial charge in [-0.25, -0.2) is 0 Å². The van der Waals surface area contributed by atoms with Gasteiger partial charge in [-0.2, -0.15) is 0 Å². The van der Waals surface area contributed by atoms with Crippen LogP contribution in [0.1, 0.15) is 6.92 Å². The Labute approximate surface area is 55.3 Å². The van der Waals surface area contributed by atoms with E-state index in [0.717, 1.165) is 12.1 Å². The van der Waals surface area contributed by atoms with Gasteiger partial charge in [-0.05, 0) is 12.5 Å². The highest BCUT2D eigenvalue weighted by molar-refractivity contribution is 5.08. The van der Waals surface area contributed by atoms with E-state index in [2.05, 4.69) is 24.1 Å². The molecule has 3 nitrogen and oxygen atoms in total. The summed E-state index contributed by atoms with van der Waals surface area (Å²) in [6, 6.07) is 0.348. The summed E-state index contributed by atoms with van der Waals surface area (Å²) in [5, 5.41) is 6.13. The maximum Gasteiger partial charge on any atom is 0.110 e. The molecule has 1 fully saturated rings. The monoisotopic (exact) mass is 127 g/mol. The Bertz CT molecular complexity index is 121. The van der Waals surface area contributed by atoms with Gasteiger partial charge in [-0.3, -0.25) is 10.6 Å². The van der Waals surface area contributed by atoms with Crippen LogP contribution in [-0.2, 0) is 0 Å². The lowest BCUT2D eigenvalue weighted by Gasteiger charge is -2.28. The first-order valence-corrected chi connectivity index (χ1v) is 3.13. The molecule has 2 atom stereocenters. The zero-order valence-electron chi connectivity index (χ0n) is 5.65. The first-order valence-electron chi connectivity index (χ1n) is 3.13. The van der Waals surface area contributed by atoms with E-state index in [1.165, 1.54) is 0 Å². The van der Waals surface area contributed by atoms with E-state index in [0.29, 0.717) is 6.04 Å². The molecule has 2 unspecified atom stereocenters. The summed E-state index contributed by atoms with van der Waals surface area (Å²) in [5.74, 6) is 0. The van der Waals surface area contributed by atoms with Crippen LogP contribution in [-0.4, -0.2) is 18.9 Å². The summed E-state index contributed by atoms with van der Waals surface area (Å²) < 4.78 is 0. The molecule has 9 heavy (non-hydrogen) atoms. The lowest BCUT2D eigenvalue weighted by atomic mass is 10.1. The Kier molecular flexibility index (Phi) is 1.85. The molecule has 0 aromatic carbocycles. The summed E-state index contributed by atoms with van der Waals surface area (Å²) in [7, 11) is 0. The highest BCUT2D eigenvalue weighted by Crippen LogP contribution is 2.00. The predicted octanol–water partition coefficient (Wildman–Crippen LogP) is -0.634. The second-order valence-electron chi connectivity index (χ2n) is 2.41. The zero-order valence-corrected chi connectivity index (χ0v) is 5.65. The van der Waals surface area contributed by atoms with E-state index in [9.17, 15) is 0 Å². The third-order valence-electron chi connectivity index (χ3n) is 1.59. The van der Waals surface area contributed by atoms with Crippen molar-refractivity contribution >= 4 is 0 Å². The van der Waals surface area contributed by atoms with Crippen LogP contribution in [0.5, 0.6) is 0 Å². The average Bonchev–Trinajstić information content (AvgIpc) is 1.80. The molecule has 0 aromatic heterocycles. The quantitative estimate of drug-likeness (QED) is 0.380. The SMILES string of the molecule is C=C1CNC(N)NC1C. The first-order chi connectivity index (χ1) is 4.20. The van der Waals surface area contributed by atoms with Crippen molar-refractivity contribution < 1.29 is 0 Å². The molecule has 0 aliphatic carbocycles. The predicted molar refractivity (Wildman–Crippen MR) is 37.7 cm³/mol. The molecule has 0 bridgehead atoms. The van der Waals surface area contributed by atoms with Crippen molar-refractivity contribution in [2.45, 2.75) is 19.3 Å². The molecule has 1 saturated heterocycles. The Balaban J connectivity index is 2.44. The Morgan fingerprint density at radius 2 is 2.44 bits per heavy atom. The number of nitrogens with one attached hydrogen (secondary N) is 2. The van der Waals surface area contributed by atoms with Crippen LogP contribution in [0.25, 0.3) is 0 Å². The van der Waals surface area contributed by atoms with E-state index < -0.39 is 0 Å². The summed E-state index contributed by atoms with van der Waals surface area (Å²) in [6.45, 7) is 6.74. The molecule has 0 saturated carbocycles. The van der Waals surface area contributed by atoms with Crippen LogP contribution in [0, 0.1) is 0 Å². The Morgan fingerprint density at radius 3 is 2.89 bits per heavy atom. The standard InChI is InChI=1S/C6H13N3/c1-4-3-8-6(7)9-5(4)2/h5-6,8-9H,1,3,7H2,2H3. The van der Waals surface area contributed by atoms with Crippen molar-refractivity contribution in [3.05, 3.63) is 12.2 Å². The minimum absolute atomic E-state index is 0.0644. The van der Waals surface area contributed by atoms with Crippen LogP contribution in [0.15, 0.2) is 12.2 Å². The summed E-state index contributed by atoms with van der Waals surface area (Å²) >= 11 is 0. The second-order valence-corrected chi connectivity index (χ2v) is 2.41. The van der Waals surface area contributed by atoms with E-state index in [4.69, 9.17) is 5.73 Å². The topological polar surface area (TPSA) is 50.1 Å². The van der Waals surface area contributed by atoms with Crippen molar-refractivity contribution in [3.63, 3.8) is 0 Å². The fraction of sp³-hybridized carbons (Fsp3) is 0.667. The average molecular weight is 127 g/mol. The maximum absolute atomic E-state index is 5.52. The minimum Gasteiger partial charge on any atom is -0.304 e. The van der Waals surface area contributed by atoms with Crippen LogP contribution in [0.2, 0.25) is 0 Å². The van der Waals surface area contributed by atoms with E-state index in [-0.39, 0.29) is 6.29 Å². The molecule has 52 valence electrons. The molecule has 3 heteroatoms. The number of hydrogen-bond donors (Lipinski definition) is 3. The summed E-state index contributed by atoms with van der Waals surface area (Å²) in [6.07, 6.45) is -0.0644. The molecule has 0 aromatic rings. The van der Waals surface area contributed by atoms with Gasteiger partial charge < -0.3 is 5.73 Å².